The van der Waals surface area contributed by atoms with Crippen LogP contribution in [0, 0.1) is 5.92 Å². The number of nitrogens with zero attached hydrogens (tertiary/aromatic N) is 2. The molecule has 0 aliphatic carbocycles. The number of nitrogens with two attached hydrogens (primary N) is 1. The van der Waals surface area contributed by atoms with Crippen LogP contribution in [-0.2, 0) is 15.0 Å². The molecular weight excluding hydrogens is 268 g/mol. The number of nitrogens with one attached hydrogen (secondary N) is 1. The number of piperazine rings is 1. The minimum absolute atomic E-state index is 0.0736. The van der Waals surface area contributed by atoms with E-state index in [-0.39, 0.29) is 18.5 Å². The number of carbonyl (C=O) groups is 1. The first-order valence-corrected chi connectivity index (χ1v) is 8.09. The zero-order valence-electron chi connectivity index (χ0n) is 11.2. The fourth-order valence-corrected chi connectivity index (χ4v) is 4.52. The predicted molar refractivity (Wildman–Crippen MR) is 71.4 cm³/mol. The van der Waals surface area contributed by atoms with Gasteiger partial charge in [0.1, 0.15) is 0 Å². The van der Waals surface area contributed by atoms with Crippen LogP contribution in [0.5, 0.6) is 0 Å². The van der Waals surface area contributed by atoms with Crippen LogP contribution in [0.1, 0.15) is 19.8 Å². The van der Waals surface area contributed by atoms with Gasteiger partial charge in [-0.3, -0.25) is 4.79 Å². The first-order chi connectivity index (χ1) is 8.93. The lowest BCUT2D eigenvalue weighted by atomic mass is 9.95. The number of rotatable bonds is 3. The number of carbonyl (C=O) groups excluding carboxylic acids is 1. The first-order valence-electron chi connectivity index (χ1n) is 6.70. The highest BCUT2D eigenvalue weighted by molar-refractivity contribution is 7.86. The third-order valence-electron chi connectivity index (χ3n) is 3.93. The van der Waals surface area contributed by atoms with Gasteiger partial charge in [-0.15, -0.1) is 0 Å². The third-order valence-corrected chi connectivity index (χ3v) is 6.05. The van der Waals surface area contributed by atoms with E-state index in [1.807, 2.05) is 6.92 Å². The number of primary amides is 1. The number of hydrogen-bond donors (Lipinski definition) is 2. The summed E-state index contributed by atoms with van der Waals surface area (Å²) in [5.41, 5.74) is 5.31. The van der Waals surface area contributed by atoms with Crippen molar-refractivity contribution in [2.45, 2.75) is 25.8 Å². The molecule has 2 aliphatic rings. The summed E-state index contributed by atoms with van der Waals surface area (Å²) >= 11 is 0. The summed E-state index contributed by atoms with van der Waals surface area (Å²) in [4.78, 5) is 11.3. The highest BCUT2D eigenvalue weighted by atomic mass is 32.2. The lowest BCUT2D eigenvalue weighted by Crippen LogP contribution is -2.56. The molecule has 1 amide bonds. The number of amides is 1. The minimum atomic E-state index is -3.48. The molecule has 0 aromatic rings. The Kier molecular flexibility index (Phi) is 4.44. The molecule has 0 radical (unpaired) electrons. The fourth-order valence-electron chi connectivity index (χ4n) is 2.65. The third kappa shape index (κ3) is 3.07. The van der Waals surface area contributed by atoms with Crippen LogP contribution >= 0.6 is 0 Å². The van der Waals surface area contributed by atoms with E-state index < -0.39 is 16.1 Å². The van der Waals surface area contributed by atoms with Gasteiger partial charge >= 0.3 is 0 Å². The topological polar surface area (TPSA) is 95.7 Å². The molecule has 0 aromatic heterocycles. The van der Waals surface area contributed by atoms with Crippen molar-refractivity contribution in [1.29, 1.82) is 0 Å². The van der Waals surface area contributed by atoms with Crippen molar-refractivity contribution in [3.63, 3.8) is 0 Å². The highest BCUT2D eigenvalue weighted by Gasteiger charge is 2.39. The molecule has 19 heavy (non-hydrogen) atoms. The summed E-state index contributed by atoms with van der Waals surface area (Å²) in [6.07, 6.45) is 1.35. The maximum absolute atomic E-state index is 12.6. The standard InChI is InChI=1S/C11H22N4O3S/c1-9-2-3-10(11(12)16)8-15(9)19(17,18)14-6-4-13-5-7-14/h9-10,13H,2-8H2,1H3,(H2,12,16). The molecule has 7 nitrogen and oxygen atoms in total. The molecule has 2 aliphatic heterocycles. The van der Waals surface area contributed by atoms with Crippen LogP contribution in [0.2, 0.25) is 0 Å². The van der Waals surface area contributed by atoms with Crippen molar-refractivity contribution < 1.29 is 13.2 Å². The Morgan fingerprint density at radius 1 is 1.26 bits per heavy atom. The SMILES string of the molecule is CC1CCC(C(N)=O)CN1S(=O)(=O)N1CCNCC1. The van der Waals surface area contributed by atoms with E-state index >= 15 is 0 Å². The fraction of sp³-hybridized carbons (Fsp3) is 0.909. The molecule has 2 fully saturated rings. The molecule has 2 unspecified atom stereocenters. The van der Waals surface area contributed by atoms with E-state index in [4.69, 9.17) is 5.73 Å². The number of piperidine rings is 1. The summed E-state index contributed by atoms with van der Waals surface area (Å²) in [6, 6.07) is -0.0736. The van der Waals surface area contributed by atoms with Gasteiger partial charge in [-0.1, -0.05) is 0 Å². The Labute approximate surface area is 114 Å². The molecule has 2 heterocycles. The maximum Gasteiger partial charge on any atom is 0.282 e. The van der Waals surface area contributed by atoms with Crippen LogP contribution in [0.15, 0.2) is 0 Å². The van der Waals surface area contributed by atoms with E-state index in [2.05, 4.69) is 5.32 Å². The zero-order chi connectivity index (χ0) is 14.0. The lowest BCUT2D eigenvalue weighted by molar-refractivity contribution is -0.123. The summed E-state index contributed by atoms with van der Waals surface area (Å²) in [6.45, 7) is 4.39. The van der Waals surface area contributed by atoms with Gasteiger partial charge in [0.15, 0.2) is 0 Å². The molecule has 110 valence electrons. The summed E-state index contributed by atoms with van der Waals surface area (Å²) < 4.78 is 28.1. The van der Waals surface area contributed by atoms with E-state index in [0.29, 0.717) is 39.0 Å². The van der Waals surface area contributed by atoms with Crippen molar-refractivity contribution in [3.8, 4) is 0 Å². The molecule has 0 aromatic carbocycles. The average molecular weight is 290 g/mol. The van der Waals surface area contributed by atoms with Crippen molar-refractivity contribution >= 4 is 16.1 Å². The quantitative estimate of drug-likeness (QED) is 0.677. The number of hydrogen-bond acceptors (Lipinski definition) is 4. The van der Waals surface area contributed by atoms with Gasteiger partial charge in [-0.2, -0.15) is 17.0 Å². The molecular formula is C11H22N4O3S. The Balaban J connectivity index is 2.14. The maximum atomic E-state index is 12.6. The second-order valence-corrected chi connectivity index (χ2v) is 7.13. The average Bonchev–Trinajstić information content (AvgIpc) is 2.39. The van der Waals surface area contributed by atoms with Crippen LogP contribution in [0.4, 0.5) is 0 Å². The van der Waals surface area contributed by atoms with Gasteiger partial charge in [-0.25, -0.2) is 0 Å². The summed E-state index contributed by atoms with van der Waals surface area (Å²) in [7, 11) is -3.48. The van der Waals surface area contributed by atoms with Crippen LogP contribution in [0.3, 0.4) is 0 Å². The van der Waals surface area contributed by atoms with Crippen molar-refractivity contribution in [2.24, 2.45) is 11.7 Å². The summed E-state index contributed by atoms with van der Waals surface area (Å²) in [5, 5.41) is 3.13. The Bertz CT molecular complexity index is 433. The Morgan fingerprint density at radius 3 is 2.47 bits per heavy atom. The van der Waals surface area contributed by atoms with Gasteiger partial charge in [0.2, 0.25) is 5.91 Å². The van der Waals surface area contributed by atoms with Crippen molar-refractivity contribution in [2.75, 3.05) is 32.7 Å². The second kappa shape index (κ2) is 5.74. The molecule has 8 heteroatoms. The molecule has 2 atom stereocenters. The predicted octanol–water partition coefficient (Wildman–Crippen LogP) is -1.28. The monoisotopic (exact) mass is 290 g/mol. The smallest absolute Gasteiger partial charge is 0.282 e. The molecule has 0 spiro atoms. The normalized spacial score (nSPS) is 31.2. The van der Waals surface area contributed by atoms with Gasteiger partial charge in [0.25, 0.3) is 10.2 Å². The van der Waals surface area contributed by atoms with Gasteiger partial charge in [0, 0.05) is 38.8 Å². The van der Waals surface area contributed by atoms with Crippen LogP contribution < -0.4 is 11.1 Å². The second-order valence-electron chi connectivity index (χ2n) is 5.25. The molecule has 0 bridgehead atoms. The highest BCUT2D eigenvalue weighted by Crippen LogP contribution is 2.26. The van der Waals surface area contributed by atoms with Gasteiger partial charge < -0.3 is 11.1 Å². The van der Waals surface area contributed by atoms with E-state index in [0.717, 1.165) is 0 Å². The van der Waals surface area contributed by atoms with Crippen LogP contribution in [0.25, 0.3) is 0 Å². The van der Waals surface area contributed by atoms with Gasteiger partial charge in [0.05, 0.1) is 5.92 Å². The van der Waals surface area contributed by atoms with E-state index in [9.17, 15) is 13.2 Å². The molecule has 2 rings (SSSR count). The molecule has 2 saturated heterocycles. The Hall–Kier alpha value is -0.700. The van der Waals surface area contributed by atoms with E-state index in [1.54, 1.807) is 0 Å². The molecule has 0 saturated carbocycles. The zero-order valence-corrected chi connectivity index (χ0v) is 12.0. The van der Waals surface area contributed by atoms with E-state index in [1.165, 1.54) is 8.61 Å². The largest absolute Gasteiger partial charge is 0.369 e. The van der Waals surface area contributed by atoms with Crippen LogP contribution in [-0.4, -0.2) is 61.7 Å². The minimum Gasteiger partial charge on any atom is -0.369 e. The molecule has 3 N–H and O–H groups in total. The summed E-state index contributed by atoms with van der Waals surface area (Å²) in [5.74, 6) is -0.777. The van der Waals surface area contributed by atoms with Gasteiger partial charge in [-0.05, 0) is 19.8 Å². The van der Waals surface area contributed by atoms with Crippen molar-refractivity contribution in [3.05, 3.63) is 0 Å². The Morgan fingerprint density at radius 2 is 1.89 bits per heavy atom. The first kappa shape index (κ1) is 14.7. The van der Waals surface area contributed by atoms with Crippen molar-refractivity contribution in [1.82, 2.24) is 13.9 Å². The lowest BCUT2D eigenvalue weighted by Gasteiger charge is -2.39.